The molecule has 0 atom stereocenters. The average Bonchev–Trinajstić information content (AvgIpc) is 2.92. The van der Waals surface area contributed by atoms with E-state index in [9.17, 15) is 4.79 Å². The van der Waals surface area contributed by atoms with Crippen LogP contribution in [0.3, 0.4) is 0 Å². The molecular formula is C9H14N4O. The Kier molecular flexibility index (Phi) is 2.15. The Bertz CT molecular complexity index is 354. The van der Waals surface area contributed by atoms with Crippen molar-refractivity contribution in [1.82, 2.24) is 15.5 Å². The molecule has 2 rings (SSSR count). The quantitative estimate of drug-likeness (QED) is 0.652. The zero-order chi connectivity index (χ0) is 10.1. The van der Waals surface area contributed by atoms with Crippen LogP contribution >= 0.6 is 0 Å². The van der Waals surface area contributed by atoms with Gasteiger partial charge in [0.15, 0.2) is 5.69 Å². The molecule has 0 radical (unpaired) electrons. The van der Waals surface area contributed by atoms with Gasteiger partial charge in [0.05, 0.1) is 11.4 Å². The number of anilines is 1. The molecule has 76 valence electrons. The number of hydrogen-bond donors (Lipinski definition) is 3. The lowest BCUT2D eigenvalue weighted by Gasteiger charge is -2.01. The number of aromatic amines is 1. The third-order valence-electron chi connectivity index (χ3n) is 2.46. The number of carbonyl (C=O) groups excluding carboxylic acids is 1. The zero-order valence-corrected chi connectivity index (χ0v) is 8.13. The highest BCUT2D eigenvalue weighted by Gasteiger charge is 2.23. The van der Waals surface area contributed by atoms with E-state index in [0.717, 1.165) is 12.2 Å². The molecule has 0 unspecified atom stereocenters. The Morgan fingerprint density at radius 2 is 2.43 bits per heavy atom. The van der Waals surface area contributed by atoms with Crippen LogP contribution in [0, 0.1) is 12.8 Å². The van der Waals surface area contributed by atoms with Crippen LogP contribution in [0.1, 0.15) is 29.0 Å². The van der Waals surface area contributed by atoms with Gasteiger partial charge in [0.1, 0.15) is 0 Å². The fraction of sp³-hybridized carbons (Fsp3) is 0.556. The molecule has 1 aromatic rings. The maximum Gasteiger partial charge on any atom is 0.273 e. The SMILES string of the molecule is Cc1[nH]nc(C(=O)NCC2CC2)c1N. The molecule has 1 saturated carbocycles. The summed E-state index contributed by atoms with van der Waals surface area (Å²) in [6.45, 7) is 2.53. The standard InChI is InChI=1S/C9H14N4O/c1-5-7(10)8(13-12-5)9(14)11-4-6-2-3-6/h6H,2-4,10H2,1H3,(H,11,14)(H,12,13). The van der Waals surface area contributed by atoms with Crippen LogP contribution in [0.2, 0.25) is 0 Å². The van der Waals surface area contributed by atoms with Crippen LogP contribution in [-0.2, 0) is 0 Å². The van der Waals surface area contributed by atoms with E-state index in [2.05, 4.69) is 15.5 Å². The van der Waals surface area contributed by atoms with Crippen molar-refractivity contribution in [3.63, 3.8) is 0 Å². The van der Waals surface area contributed by atoms with Crippen LogP contribution in [0.15, 0.2) is 0 Å². The van der Waals surface area contributed by atoms with Crippen molar-refractivity contribution in [1.29, 1.82) is 0 Å². The Morgan fingerprint density at radius 3 is 2.93 bits per heavy atom. The Morgan fingerprint density at radius 1 is 1.71 bits per heavy atom. The Balaban J connectivity index is 1.98. The summed E-state index contributed by atoms with van der Waals surface area (Å²) in [4.78, 5) is 11.5. The number of amides is 1. The number of aromatic nitrogens is 2. The van der Waals surface area contributed by atoms with E-state index in [0.29, 0.717) is 17.3 Å². The second kappa shape index (κ2) is 3.32. The summed E-state index contributed by atoms with van der Waals surface area (Å²) in [5.74, 6) is 0.485. The largest absolute Gasteiger partial charge is 0.395 e. The molecule has 1 aliphatic rings. The first-order valence-corrected chi connectivity index (χ1v) is 4.77. The molecule has 4 N–H and O–H groups in total. The summed E-state index contributed by atoms with van der Waals surface area (Å²) in [5, 5.41) is 9.35. The molecular weight excluding hydrogens is 180 g/mol. The van der Waals surface area contributed by atoms with Crippen LogP contribution in [0.5, 0.6) is 0 Å². The average molecular weight is 194 g/mol. The first-order chi connectivity index (χ1) is 6.68. The molecule has 0 aliphatic heterocycles. The second-order valence-corrected chi connectivity index (χ2v) is 3.76. The third-order valence-corrected chi connectivity index (χ3v) is 2.46. The highest BCUT2D eigenvalue weighted by molar-refractivity contribution is 5.97. The monoisotopic (exact) mass is 194 g/mol. The number of nitrogen functional groups attached to an aromatic ring is 1. The van der Waals surface area contributed by atoms with Crippen molar-refractivity contribution in [2.24, 2.45) is 5.92 Å². The van der Waals surface area contributed by atoms with Gasteiger partial charge in [-0.3, -0.25) is 9.89 Å². The zero-order valence-electron chi connectivity index (χ0n) is 8.13. The molecule has 14 heavy (non-hydrogen) atoms. The van der Waals surface area contributed by atoms with Gasteiger partial charge >= 0.3 is 0 Å². The molecule has 0 spiro atoms. The topological polar surface area (TPSA) is 83.8 Å². The number of aryl methyl sites for hydroxylation is 1. The van der Waals surface area contributed by atoms with Crippen molar-refractivity contribution >= 4 is 11.6 Å². The lowest BCUT2D eigenvalue weighted by atomic mass is 10.3. The summed E-state index contributed by atoms with van der Waals surface area (Å²) in [6, 6.07) is 0. The molecule has 1 aromatic heterocycles. The minimum absolute atomic E-state index is 0.182. The minimum Gasteiger partial charge on any atom is -0.395 e. The molecule has 1 amide bonds. The lowest BCUT2D eigenvalue weighted by molar-refractivity contribution is 0.0947. The number of nitrogens with one attached hydrogen (secondary N) is 2. The molecule has 1 aliphatic carbocycles. The van der Waals surface area contributed by atoms with E-state index in [-0.39, 0.29) is 5.91 Å². The summed E-state index contributed by atoms with van der Waals surface area (Å²) < 4.78 is 0. The van der Waals surface area contributed by atoms with Gasteiger partial charge in [-0.1, -0.05) is 0 Å². The lowest BCUT2D eigenvalue weighted by Crippen LogP contribution is -2.26. The third kappa shape index (κ3) is 1.71. The fourth-order valence-electron chi connectivity index (χ4n) is 1.25. The molecule has 5 heteroatoms. The van der Waals surface area contributed by atoms with Gasteiger partial charge in [0.2, 0.25) is 0 Å². The molecule has 0 saturated heterocycles. The highest BCUT2D eigenvalue weighted by Crippen LogP contribution is 2.27. The number of nitrogens with zero attached hydrogens (tertiary/aromatic N) is 1. The van der Waals surface area contributed by atoms with E-state index < -0.39 is 0 Å². The second-order valence-electron chi connectivity index (χ2n) is 3.76. The van der Waals surface area contributed by atoms with E-state index in [1.165, 1.54) is 12.8 Å². The van der Waals surface area contributed by atoms with Crippen molar-refractivity contribution in [2.75, 3.05) is 12.3 Å². The van der Waals surface area contributed by atoms with Crippen molar-refractivity contribution in [2.45, 2.75) is 19.8 Å². The number of rotatable bonds is 3. The highest BCUT2D eigenvalue weighted by atomic mass is 16.1. The van der Waals surface area contributed by atoms with E-state index in [4.69, 9.17) is 5.73 Å². The van der Waals surface area contributed by atoms with E-state index in [1.807, 2.05) is 0 Å². The molecule has 5 nitrogen and oxygen atoms in total. The van der Waals surface area contributed by atoms with Crippen LogP contribution in [-0.4, -0.2) is 22.6 Å². The van der Waals surface area contributed by atoms with Gasteiger partial charge in [-0.25, -0.2) is 0 Å². The smallest absolute Gasteiger partial charge is 0.273 e. The van der Waals surface area contributed by atoms with Gasteiger partial charge in [-0.15, -0.1) is 0 Å². The maximum absolute atomic E-state index is 11.5. The van der Waals surface area contributed by atoms with Crippen molar-refractivity contribution in [3.8, 4) is 0 Å². The predicted molar refractivity (Wildman–Crippen MR) is 52.8 cm³/mol. The van der Waals surface area contributed by atoms with Crippen molar-refractivity contribution < 1.29 is 4.79 Å². The summed E-state index contributed by atoms with van der Waals surface area (Å²) in [5.41, 5.74) is 7.16. The number of carbonyl (C=O) groups is 1. The number of H-pyrrole nitrogens is 1. The summed E-state index contributed by atoms with van der Waals surface area (Å²) in [7, 11) is 0. The van der Waals surface area contributed by atoms with Gasteiger partial charge in [0, 0.05) is 6.54 Å². The first-order valence-electron chi connectivity index (χ1n) is 4.77. The molecule has 1 fully saturated rings. The Hall–Kier alpha value is -1.52. The van der Waals surface area contributed by atoms with Crippen LogP contribution in [0.25, 0.3) is 0 Å². The van der Waals surface area contributed by atoms with Gasteiger partial charge < -0.3 is 11.1 Å². The summed E-state index contributed by atoms with van der Waals surface area (Å²) in [6.07, 6.45) is 2.44. The number of nitrogens with two attached hydrogens (primary N) is 1. The number of hydrogen-bond acceptors (Lipinski definition) is 3. The van der Waals surface area contributed by atoms with Crippen LogP contribution < -0.4 is 11.1 Å². The van der Waals surface area contributed by atoms with Gasteiger partial charge in [-0.2, -0.15) is 5.10 Å². The molecule has 1 heterocycles. The van der Waals surface area contributed by atoms with E-state index >= 15 is 0 Å². The molecule has 0 aromatic carbocycles. The normalized spacial score (nSPS) is 15.5. The maximum atomic E-state index is 11.5. The fourth-order valence-corrected chi connectivity index (χ4v) is 1.25. The minimum atomic E-state index is -0.182. The van der Waals surface area contributed by atoms with Gasteiger partial charge in [0.25, 0.3) is 5.91 Å². The van der Waals surface area contributed by atoms with Crippen LogP contribution in [0.4, 0.5) is 5.69 Å². The van der Waals surface area contributed by atoms with E-state index in [1.54, 1.807) is 6.92 Å². The van der Waals surface area contributed by atoms with Gasteiger partial charge in [-0.05, 0) is 25.7 Å². The predicted octanol–water partition coefficient (Wildman–Crippen LogP) is 0.440. The first kappa shape index (κ1) is 9.05. The molecule has 0 bridgehead atoms. The summed E-state index contributed by atoms with van der Waals surface area (Å²) >= 11 is 0. The Labute approximate surface area is 82.1 Å². The van der Waals surface area contributed by atoms with Crippen molar-refractivity contribution in [3.05, 3.63) is 11.4 Å².